The summed E-state index contributed by atoms with van der Waals surface area (Å²) in [7, 11) is 3.49. The lowest BCUT2D eigenvalue weighted by Crippen LogP contribution is -2.23. The molecule has 1 aliphatic heterocycles. The number of carbonyl (C=O) groups excluding carboxylic acids is 1. The van der Waals surface area contributed by atoms with Gasteiger partial charge in [-0.1, -0.05) is 6.07 Å². The molecule has 0 bridgehead atoms. The highest BCUT2D eigenvalue weighted by molar-refractivity contribution is 5.92. The third kappa shape index (κ3) is 2.22. The average Bonchev–Trinajstić information content (AvgIpc) is 2.51. The van der Waals surface area contributed by atoms with Crippen molar-refractivity contribution in [3.05, 3.63) is 29.1 Å². The maximum atomic E-state index is 11.8. The number of amides is 1. The first kappa shape index (κ1) is 11.1. The summed E-state index contributed by atoms with van der Waals surface area (Å²) in [6.07, 6.45) is 2.04. The van der Waals surface area contributed by atoms with Gasteiger partial charge in [-0.05, 0) is 31.0 Å². The number of pyridine rings is 1. The zero-order chi connectivity index (χ0) is 11.5. The second-order valence-corrected chi connectivity index (χ2v) is 4.28. The third-order valence-electron chi connectivity index (χ3n) is 2.78. The van der Waals surface area contributed by atoms with Crippen molar-refractivity contribution in [1.82, 2.24) is 15.2 Å². The zero-order valence-electron chi connectivity index (χ0n) is 9.79. The lowest BCUT2D eigenvalue weighted by atomic mass is 10.1. The monoisotopic (exact) mass is 219 g/mol. The van der Waals surface area contributed by atoms with Crippen molar-refractivity contribution in [2.75, 3.05) is 20.6 Å². The van der Waals surface area contributed by atoms with E-state index >= 15 is 0 Å². The summed E-state index contributed by atoms with van der Waals surface area (Å²) in [6, 6.07) is 3.82. The Bertz CT molecular complexity index is 401. The molecule has 0 radical (unpaired) electrons. The molecule has 0 aliphatic carbocycles. The van der Waals surface area contributed by atoms with Crippen LogP contribution in [0.15, 0.2) is 12.1 Å². The van der Waals surface area contributed by atoms with Gasteiger partial charge in [0.1, 0.15) is 5.69 Å². The van der Waals surface area contributed by atoms with Gasteiger partial charge < -0.3 is 10.2 Å². The van der Waals surface area contributed by atoms with Crippen LogP contribution < -0.4 is 5.32 Å². The molecule has 0 fully saturated rings. The Labute approximate surface area is 95.7 Å². The molecule has 0 unspecified atom stereocenters. The fraction of sp³-hybridized carbons (Fsp3) is 0.500. The van der Waals surface area contributed by atoms with Gasteiger partial charge >= 0.3 is 0 Å². The van der Waals surface area contributed by atoms with E-state index in [1.54, 1.807) is 19.0 Å². The fourth-order valence-electron chi connectivity index (χ4n) is 1.86. The highest BCUT2D eigenvalue weighted by Gasteiger charge is 2.14. The Hall–Kier alpha value is -1.42. The number of aryl methyl sites for hydroxylation is 1. The lowest BCUT2D eigenvalue weighted by Gasteiger charge is -2.11. The predicted molar refractivity (Wildman–Crippen MR) is 62.3 cm³/mol. The van der Waals surface area contributed by atoms with Gasteiger partial charge in [0.25, 0.3) is 5.91 Å². The first-order chi connectivity index (χ1) is 7.68. The van der Waals surface area contributed by atoms with Crippen LogP contribution in [-0.2, 0) is 13.0 Å². The molecule has 1 aliphatic rings. The van der Waals surface area contributed by atoms with Crippen LogP contribution in [0.4, 0.5) is 0 Å². The quantitative estimate of drug-likeness (QED) is 0.760. The standard InChI is InChI=1S/C12H17N3O/c1-15(2)12(16)11-6-5-9-8-13-7-3-4-10(9)14-11/h5-6,13H,3-4,7-8H2,1-2H3. The number of fused-ring (bicyclic) bond motifs is 1. The van der Waals surface area contributed by atoms with E-state index < -0.39 is 0 Å². The second-order valence-electron chi connectivity index (χ2n) is 4.28. The summed E-state index contributed by atoms with van der Waals surface area (Å²) in [5.74, 6) is -0.0278. The third-order valence-corrected chi connectivity index (χ3v) is 2.78. The molecule has 0 saturated heterocycles. The zero-order valence-corrected chi connectivity index (χ0v) is 9.79. The van der Waals surface area contributed by atoms with Crippen LogP contribution in [0.25, 0.3) is 0 Å². The highest BCUT2D eigenvalue weighted by Crippen LogP contribution is 2.13. The number of carbonyl (C=O) groups is 1. The molecule has 0 atom stereocenters. The number of rotatable bonds is 1. The van der Waals surface area contributed by atoms with Crippen molar-refractivity contribution in [2.45, 2.75) is 19.4 Å². The van der Waals surface area contributed by atoms with Crippen LogP contribution in [0, 0.1) is 0 Å². The smallest absolute Gasteiger partial charge is 0.271 e. The maximum absolute atomic E-state index is 11.8. The topological polar surface area (TPSA) is 45.2 Å². The van der Waals surface area contributed by atoms with Crippen molar-refractivity contribution < 1.29 is 4.79 Å². The van der Waals surface area contributed by atoms with E-state index in [0.29, 0.717) is 5.69 Å². The molecule has 0 aromatic carbocycles. The molecular formula is C12H17N3O. The van der Waals surface area contributed by atoms with E-state index in [1.165, 1.54) is 5.56 Å². The molecule has 1 aromatic heterocycles. The Morgan fingerprint density at radius 3 is 3.00 bits per heavy atom. The molecular weight excluding hydrogens is 202 g/mol. The number of aromatic nitrogens is 1. The summed E-state index contributed by atoms with van der Waals surface area (Å²) >= 11 is 0. The van der Waals surface area contributed by atoms with Crippen molar-refractivity contribution in [3.8, 4) is 0 Å². The molecule has 0 saturated carbocycles. The van der Waals surface area contributed by atoms with Crippen LogP contribution in [0.5, 0.6) is 0 Å². The summed E-state index contributed by atoms with van der Waals surface area (Å²) < 4.78 is 0. The normalized spacial score (nSPS) is 15.1. The van der Waals surface area contributed by atoms with Crippen LogP contribution >= 0.6 is 0 Å². The number of nitrogens with zero attached hydrogens (tertiary/aromatic N) is 2. The highest BCUT2D eigenvalue weighted by atomic mass is 16.2. The van der Waals surface area contributed by atoms with E-state index in [1.807, 2.05) is 12.1 Å². The molecule has 2 rings (SSSR count). The summed E-state index contributed by atoms with van der Waals surface area (Å²) in [4.78, 5) is 17.8. The molecule has 0 spiro atoms. The molecule has 2 heterocycles. The largest absolute Gasteiger partial charge is 0.343 e. The molecule has 1 aromatic rings. The molecule has 4 nitrogen and oxygen atoms in total. The second kappa shape index (κ2) is 4.61. The first-order valence-electron chi connectivity index (χ1n) is 5.59. The lowest BCUT2D eigenvalue weighted by molar-refractivity contribution is 0.0821. The van der Waals surface area contributed by atoms with Gasteiger partial charge in [0, 0.05) is 26.3 Å². The Balaban J connectivity index is 2.30. The first-order valence-corrected chi connectivity index (χ1v) is 5.59. The van der Waals surface area contributed by atoms with Gasteiger partial charge in [0.05, 0.1) is 0 Å². The number of hydrogen-bond acceptors (Lipinski definition) is 3. The summed E-state index contributed by atoms with van der Waals surface area (Å²) in [6.45, 7) is 1.88. The van der Waals surface area contributed by atoms with Gasteiger partial charge in [-0.2, -0.15) is 0 Å². The van der Waals surface area contributed by atoms with Gasteiger partial charge in [0.15, 0.2) is 0 Å². The minimum absolute atomic E-state index is 0.0278. The van der Waals surface area contributed by atoms with Gasteiger partial charge in [-0.3, -0.25) is 4.79 Å². The maximum Gasteiger partial charge on any atom is 0.271 e. The Kier molecular flexibility index (Phi) is 3.19. The molecule has 1 amide bonds. The average molecular weight is 219 g/mol. The summed E-state index contributed by atoms with van der Waals surface area (Å²) in [5.41, 5.74) is 2.83. The minimum Gasteiger partial charge on any atom is -0.343 e. The van der Waals surface area contributed by atoms with E-state index in [9.17, 15) is 4.79 Å². The van der Waals surface area contributed by atoms with E-state index in [-0.39, 0.29) is 5.91 Å². The van der Waals surface area contributed by atoms with Crippen LogP contribution in [0.3, 0.4) is 0 Å². The van der Waals surface area contributed by atoms with E-state index in [0.717, 1.165) is 31.6 Å². The molecule has 4 heteroatoms. The Morgan fingerprint density at radius 2 is 2.25 bits per heavy atom. The van der Waals surface area contributed by atoms with Gasteiger partial charge in [-0.15, -0.1) is 0 Å². The van der Waals surface area contributed by atoms with Gasteiger partial charge in [0.2, 0.25) is 0 Å². The van der Waals surface area contributed by atoms with Crippen molar-refractivity contribution in [1.29, 1.82) is 0 Å². The number of hydrogen-bond donors (Lipinski definition) is 1. The van der Waals surface area contributed by atoms with Crippen LogP contribution in [0.1, 0.15) is 28.2 Å². The van der Waals surface area contributed by atoms with E-state index in [4.69, 9.17) is 0 Å². The molecule has 86 valence electrons. The van der Waals surface area contributed by atoms with Crippen molar-refractivity contribution >= 4 is 5.91 Å². The predicted octanol–water partition coefficient (Wildman–Crippen LogP) is 0.819. The molecule has 1 N–H and O–H groups in total. The van der Waals surface area contributed by atoms with Crippen molar-refractivity contribution in [2.24, 2.45) is 0 Å². The van der Waals surface area contributed by atoms with Crippen LogP contribution in [-0.4, -0.2) is 36.4 Å². The van der Waals surface area contributed by atoms with Gasteiger partial charge in [-0.25, -0.2) is 4.98 Å². The van der Waals surface area contributed by atoms with Crippen molar-refractivity contribution in [3.63, 3.8) is 0 Å². The van der Waals surface area contributed by atoms with E-state index in [2.05, 4.69) is 10.3 Å². The minimum atomic E-state index is -0.0278. The summed E-state index contributed by atoms with van der Waals surface area (Å²) in [5, 5.41) is 3.34. The van der Waals surface area contributed by atoms with Crippen LogP contribution in [0.2, 0.25) is 0 Å². The Morgan fingerprint density at radius 1 is 1.44 bits per heavy atom. The fourth-order valence-corrected chi connectivity index (χ4v) is 1.86. The molecule has 16 heavy (non-hydrogen) atoms. The number of nitrogens with one attached hydrogen (secondary N) is 1. The SMILES string of the molecule is CN(C)C(=O)c1ccc2c(n1)CCCNC2.